The van der Waals surface area contributed by atoms with Crippen LogP contribution in [0.2, 0.25) is 0 Å². The Morgan fingerprint density at radius 1 is 1.04 bits per heavy atom. The molecule has 0 aliphatic rings. The van der Waals surface area contributed by atoms with Crippen LogP contribution < -0.4 is 5.32 Å². The first-order valence-corrected chi connectivity index (χ1v) is 7.33. The average Bonchev–Trinajstić information content (AvgIpc) is 2.60. The molecule has 0 bridgehead atoms. The van der Waals surface area contributed by atoms with E-state index >= 15 is 0 Å². The molecule has 3 rings (SSSR count). The number of benzene rings is 2. The molecule has 6 heteroatoms. The first-order valence-electron chi connectivity index (χ1n) is 7.33. The van der Waals surface area contributed by atoms with Gasteiger partial charge in [0.25, 0.3) is 5.69 Å². The molecule has 24 heavy (non-hydrogen) atoms. The molecule has 0 saturated heterocycles. The summed E-state index contributed by atoms with van der Waals surface area (Å²) in [6, 6.07) is 15.4. The quantitative estimate of drug-likeness (QED) is 0.548. The lowest BCUT2D eigenvalue weighted by atomic mass is 10.1. The molecule has 0 spiro atoms. The van der Waals surface area contributed by atoms with Crippen LogP contribution in [0, 0.1) is 10.1 Å². The number of nitro groups is 1. The lowest BCUT2D eigenvalue weighted by molar-refractivity contribution is -0.384. The van der Waals surface area contributed by atoms with Crippen LogP contribution in [0.15, 0.2) is 67.0 Å². The van der Waals surface area contributed by atoms with Gasteiger partial charge in [0.05, 0.1) is 10.6 Å². The number of hydrogen-bond acceptors (Lipinski definition) is 5. The number of phenolic OH excluding ortho intramolecular Hbond substituents is 1. The highest BCUT2D eigenvalue weighted by Crippen LogP contribution is 2.25. The third kappa shape index (κ3) is 3.67. The van der Waals surface area contributed by atoms with Crippen LogP contribution in [0.25, 0.3) is 11.1 Å². The molecule has 0 amide bonds. The standard InChI is InChI=1S/C18H15N3O3/c22-18-6-2-4-14(9-18)15-8-16(12-19-11-15)20-10-13-3-1-5-17(7-13)21(23)24/h1-9,11-12,20,22H,10H2. The van der Waals surface area contributed by atoms with Crippen LogP contribution in [0.3, 0.4) is 0 Å². The third-order valence-electron chi connectivity index (χ3n) is 3.54. The van der Waals surface area contributed by atoms with Crippen molar-refractivity contribution in [3.8, 4) is 16.9 Å². The van der Waals surface area contributed by atoms with E-state index in [0.29, 0.717) is 6.54 Å². The minimum absolute atomic E-state index is 0.0703. The predicted octanol–water partition coefficient (Wildman–Crippen LogP) is 3.97. The van der Waals surface area contributed by atoms with Gasteiger partial charge in [0, 0.05) is 36.6 Å². The number of hydrogen-bond donors (Lipinski definition) is 2. The molecule has 3 aromatic rings. The maximum absolute atomic E-state index is 10.8. The summed E-state index contributed by atoms with van der Waals surface area (Å²) in [6.07, 6.45) is 3.40. The molecule has 0 fully saturated rings. The Labute approximate surface area is 138 Å². The zero-order valence-corrected chi connectivity index (χ0v) is 12.7. The number of nitro benzene ring substituents is 1. The largest absolute Gasteiger partial charge is 0.508 e. The number of rotatable bonds is 5. The number of phenols is 1. The van der Waals surface area contributed by atoms with E-state index < -0.39 is 4.92 Å². The zero-order chi connectivity index (χ0) is 16.9. The summed E-state index contributed by atoms with van der Waals surface area (Å²) in [6.45, 7) is 0.451. The van der Waals surface area contributed by atoms with E-state index in [1.165, 1.54) is 6.07 Å². The van der Waals surface area contributed by atoms with Gasteiger partial charge in [-0.05, 0) is 29.3 Å². The van der Waals surface area contributed by atoms with Crippen molar-refractivity contribution in [2.24, 2.45) is 0 Å². The van der Waals surface area contributed by atoms with Gasteiger partial charge in [-0.2, -0.15) is 0 Å². The highest BCUT2D eigenvalue weighted by molar-refractivity contribution is 5.67. The van der Waals surface area contributed by atoms with Crippen molar-refractivity contribution in [1.29, 1.82) is 0 Å². The van der Waals surface area contributed by atoms with Crippen LogP contribution in [0.1, 0.15) is 5.56 Å². The monoisotopic (exact) mass is 321 g/mol. The molecule has 0 radical (unpaired) electrons. The van der Waals surface area contributed by atoms with Crippen molar-refractivity contribution in [2.45, 2.75) is 6.54 Å². The first kappa shape index (κ1) is 15.5. The lowest BCUT2D eigenvalue weighted by Gasteiger charge is -2.08. The fourth-order valence-corrected chi connectivity index (χ4v) is 2.36. The Balaban J connectivity index is 1.76. The molecule has 1 aromatic heterocycles. The maximum atomic E-state index is 10.8. The van der Waals surface area contributed by atoms with Crippen LogP contribution in [-0.4, -0.2) is 15.0 Å². The van der Waals surface area contributed by atoms with Gasteiger partial charge in [-0.3, -0.25) is 15.1 Å². The maximum Gasteiger partial charge on any atom is 0.269 e. The van der Waals surface area contributed by atoms with E-state index in [2.05, 4.69) is 10.3 Å². The summed E-state index contributed by atoms with van der Waals surface area (Å²) in [7, 11) is 0. The van der Waals surface area contributed by atoms with Crippen molar-refractivity contribution < 1.29 is 10.0 Å². The normalized spacial score (nSPS) is 10.3. The van der Waals surface area contributed by atoms with E-state index in [1.807, 2.05) is 18.2 Å². The predicted molar refractivity (Wildman–Crippen MR) is 91.8 cm³/mol. The van der Waals surface area contributed by atoms with E-state index in [9.17, 15) is 15.2 Å². The van der Waals surface area contributed by atoms with Crippen LogP contribution in [0.5, 0.6) is 5.75 Å². The number of anilines is 1. The number of non-ortho nitro benzene ring substituents is 1. The molecule has 2 N–H and O–H groups in total. The molecule has 1 heterocycles. The van der Waals surface area contributed by atoms with Crippen molar-refractivity contribution in [2.75, 3.05) is 5.32 Å². The number of pyridine rings is 1. The van der Waals surface area contributed by atoms with Crippen LogP contribution >= 0.6 is 0 Å². The molecule has 0 aliphatic carbocycles. The second kappa shape index (κ2) is 6.78. The van der Waals surface area contributed by atoms with Crippen LogP contribution in [-0.2, 0) is 6.54 Å². The van der Waals surface area contributed by atoms with Gasteiger partial charge < -0.3 is 10.4 Å². The average molecular weight is 321 g/mol. The molecule has 0 saturated carbocycles. The van der Waals surface area contributed by atoms with Crippen molar-refractivity contribution in [3.63, 3.8) is 0 Å². The SMILES string of the molecule is O=[N+]([O-])c1cccc(CNc2cncc(-c3cccc(O)c3)c2)c1. The fourth-order valence-electron chi connectivity index (χ4n) is 2.36. The van der Waals surface area contributed by atoms with E-state index in [-0.39, 0.29) is 11.4 Å². The summed E-state index contributed by atoms with van der Waals surface area (Å²) < 4.78 is 0. The summed E-state index contributed by atoms with van der Waals surface area (Å²) >= 11 is 0. The van der Waals surface area contributed by atoms with Crippen molar-refractivity contribution in [3.05, 3.63) is 82.7 Å². The fraction of sp³-hybridized carbons (Fsp3) is 0.0556. The summed E-state index contributed by atoms with van der Waals surface area (Å²) in [5, 5.41) is 23.6. The topological polar surface area (TPSA) is 88.3 Å². The van der Waals surface area contributed by atoms with Gasteiger partial charge in [0.1, 0.15) is 5.75 Å². The van der Waals surface area contributed by atoms with Gasteiger partial charge >= 0.3 is 0 Å². The first-order chi connectivity index (χ1) is 11.6. The van der Waals surface area contributed by atoms with Gasteiger partial charge in [0.2, 0.25) is 0 Å². The Morgan fingerprint density at radius 2 is 1.88 bits per heavy atom. The van der Waals surface area contributed by atoms with Gasteiger partial charge in [-0.1, -0.05) is 24.3 Å². The summed E-state index contributed by atoms with van der Waals surface area (Å²) in [5.41, 5.74) is 3.41. The molecular weight excluding hydrogens is 306 g/mol. The number of aromatic hydroxyl groups is 1. The number of nitrogens with one attached hydrogen (secondary N) is 1. The molecule has 6 nitrogen and oxygen atoms in total. The molecule has 0 atom stereocenters. The minimum atomic E-state index is -0.409. The van der Waals surface area contributed by atoms with Gasteiger partial charge in [0.15, 0.2) is 0 Å². The molecule has 0 aliphatic heterocycles. The Hall–Kier alpha value is -3.41. The van der Waals surface area contributed by atoms with Gasteiger partial charge in [-0.15, -0.1) is 0 Å². The molecular formula is C18H15N3O3. The zero-order valence-electron chi connectivity index (χ0n) is 12.7. The van der Waals surface area contributed by atoms with Crippen LogP contribution in [0.4, 0.5) is 11.4 Å². The summed E-state index contributed by atoms with van der Waals surface area (Å²) in [4.78, 5) is 14.6. The van der Waals surface area contributed by atoms with E-state index in [4.69, 9.17) is 0 Å². The number of aromatic nitrogens is 1. The van der Waals surface area contributed by atoms with Gasteiger partial charge in [-0.25, -0.2) is 0 Å². The minimum Gasteiger partial charge on any atom is -0.508 e. The highest BCUT2D eigenvalue weighted by Gasteiger charge is 2.06. The second-order valence-electron chi connectivity index (χ2n) is 5.29. The lowest BCUT2D eigenvalue weighted by Crippen LogP contribution is -2.00. The van der Waals surface area contributed by atoms with E-state index in [1.54, 1.807) is 42.7 Å². The molecule has 120 valence electrons. The van der Waals surface area contributed by atoms with Crippen molar-refractivity contribution in [1.82, 2.24) is 4.98 Å². The smallest absolute Gasteiger partial charge is 0.269 e. The molecule has 0 unspecified atom stereocenters. The molecule has 2 aromatic carbocycles. The third-order valence-corrected chi connectivity index (χ3v) is 3.54. The number of nitrogens with zero attached hydrogens (tertiary/aromatic N) is 2. The second-order valence-corrected chi connectivity index (χ2v) is 5.29. The van der Waals surface area contributed by atoms with Crippen molar-refractivity contribution >= 4 is 11.4 Å². The summed E-state index contributed by atoms with van der Waals surface area (Å²) in [5.74, 6) is 0.197. The van der Waals surface area contributed by atoms with E-state index in [0.717, 1.165) is 22.4 Å². The highest BCUT2D eigenvalue weighted by atomic mass is 16.6. The Bertz CT molecular complexity index is 881. The Morgan fingerprint density at radius 3 is 2.67 bits per heavy atom. The Kier molecular flexibility index (Phi) is 4.38.